The zero-order valence-corrected chi connectivity index (χ0v) is 14.3. The summed E-state index contributed by atoms with van der Waals surface area (Å²) in [6, 6.07) is 0. The average molecular weight is 318 g/mol. The number of rotatable bonds is 2. The standard InChI is InChI=1S/C20H30O3/c1-13-7-19-6-5-17-18(2,16(19)4-3-14(13)8-19)9-15(23)10-20(17,11-21)12-22/h14,16-17,21-22H,1,3-12H2,2H3/t14-,16+,17+,18+,19-/m0/s1. The van der Waals surface area contributed by atoms with Gasteiger partial charge in [-0.2, -0.15) is 0 Å². The maximum absolute atomic E-state index is 12.6. The van der Waals surface area contributed by atoms with Crippen LogP contribution in [0.2, 0.25) is 0 Å². The maximum Gasteiger partial charge on any atom is 0.134 e. The number of carbonyl (C=O) groups is 1. The third-order valence-electron chi connectivity index (χ3n) is 8.37. The number of fused-ring (bicyclic) bond motifs is 3. The van der Waals surface area contributed by atoms with Crippen LogP contribution in [-0.2, 0) is 4.79 Å². The molecule has 0 unspecified atom stereocenters. The highest BCUT2D eigenvalue weighted by molar-refractivity contribution is 5.81. The summed E-state index contributed by atoms with van der Waals surface area (Å²) in [6.07, 6.45) is 8.04. The largest absolute Gasteiger partial charge is 0.396 e. The zero-order chi connectivity index (χ0) is 16.5. The van der Waals surface area contributed by atoms with Crippen LogP contribution in [0.1, 0.15) is 58.3 Å². The highest BCUT2D eigenvalue weighted by atomic mass is 16.3. The van der Waals surface area contributed by atoms with Gasteiger partial charge in [-0.25, -0.2) is 0 Å². The molecule has 128 valence electrons. The van der Waals surface area contributed by atoms with Crippen LogP contribution in [0.4, 0.5) is 0 Å². The molecule has 2 N–H and O–H groups in total. The minimum atomic E-state index is -0.599. The van der Waals surface area contributed by atoms with Crippen molar-refractivity contribution in [3.05, 3.63) is 12.2 Å². The number of hydrogen-bond donors (Lipinski definition) is 2. The van der Waals surface area contributed by atoms with E-state index in [4.69, 9.17) is 0 Å². The highest BCUT2D eigenvalue weighted by Gasteiger charge is 2.65. The van der Waals surface area contributed by atoms with Gasteiger partial charge in [0.1, 0.15) is 5.78 Å². The number of allylic oxidation sites excluding steroid dienone is 1. The zero-order valence-electron chi connectivity index (χ0n) is 14.3. The molecule has 4 fully saturated rings. The summed E-state index contributed by atoms with van der Waals surface area (Å²) >= 11 is 0. The van der Waals surface area contributed by atoms with Crippen LogP contribution in [0.3, 0.4) is 0 Å². The molecule has 3 heteroatoms. The molecule has 2 bridgehead atoms. The second-order valence-corrected chi connectivity index (χ2v) is 9.40. The number of hydrogen-bond acceptors (Lipinski definition) is 3. The van der Waals surface area contributed by atoms with Gasteiger partial charge in [-0.05, 0) is 67.1 Å². The van der Waals surface area contributed by atoms with Gasteiger partial charge in [-0.15, -0.1) is 0 Å². The van der Waals surface area contributed by atoms with Crippen molar-refractivity contribution in [2.24, 2.45) is 34.0 Å². The predicted molar refractivity (Wildman–Crippen MR) is 88.7 cm³/mol. The maximum atomic E-state index is 12.6. The van der Waals surface area contributed by atoms with E-state index in [1.165, 1.54) is 31.3 Å². The molecular weight excluding hydrogens is 288 g/mol. The fourth-order valence-electron chi connectivity index (χ4n) is 7.59. The monoisotopic (exact) mass is 318 g/mol. The van der Waals surface area contributed by atoms with Gasteiger partial charge in [-0.1, -0.05) is 19.1 Å². The van der Waals surface area contributed by atoms with Crippen molar-refractivity contribution < 1.29 is 15.0 Å². The molecule has 0 aromatic heterocycles. The van der Waals surface area contributed by atoms with E-state index >= 15 is 0 Å². The van der Waals surface area contributed by atoms with Gasteiger partial charge in [0.25, 0.3) is 0 Å². The minimum absolute atomic E-state index is 0.0609. The summed E-state index contributed by atoms with van der Waals surface area (Å²) in [6.45, 7) is 6.50. The Balaban J connectivity index is 1.77. The minimum Gasteiger partial charge on any atom is -0.396 e. The summed E-state index contributed by atoms with van der Waals surface area (Å²) in [5, 5.41) is 20.1. The van der Waals surface area contributed by atoms with Crippen LogP contribution in [-0.4, -0.2) is 29.2 Å². The molecule has 23 heavy (non-hydrogen) atoms. The second kappa shape index (κ2) is 4.92. The van der Waals surface area contributed by atoms with Crippen molar-refractivity contribution in [2.75, 3.05) is 13.2 Å². The molecule has 4 aliphatic carbocycles. The van der Waals surface area contributed by atoms with E-state index in [0.717, 1.165) is 12.8 Å². The van der Waals surface area contributed by atoms with Gasteiger partial charge in [0.2, 0.25) is 0 Å². The van der Waals surface area contributed by atoms with E-state index in [0.29, 0.717) is 30.1 Å². The lowest BCUT2D eigenvalue weighted by Gasteiger charge is -2.63. The van der Waals surface area contributed by atoms with Crippen molar-refractivity contribution in [1.82, 2.24) is 0 Å². The molecule has 1 spiro atoms. The van der Waals surface area contributed by atoms with Crippen molar-refractivity contribution >= 4 is 5.78 Å². The molecule has 3 nitrogen and oxygen atoms in total. The molecule has 0 saturated heterocycles. The molecule has 0 aromatic rings. The number of aliphatic hydroxyl groups excluding tert-OH is 2. The van der Waals surface area contributed by atoms with Crippen molar-refractivity contribution in [2.45, 2.75) is 58.3 Å². The highest BCUT2D eigenvalue weighted by Crippen LogP contribution is 2.71. The lowest BCUT2D eigenvalue weighted by atomic mass is 9.40. The quantitative estimate of drug-likeness (QED) is 0.769. The van der Waals surface area contributed by atoms with E-state index < -0.39 is 5.41 Å². The van der Waals surface area contributed by atoms with E-state index in [1.807, 2.05) is 0 Å². The Hall–Kier alpha value is -0.670. The van der Waals surface area contributed by atoms with E-state index in [-0.39, 0.29) is 30.3 Å². The molecule has 4 aliphatic rings. The molecule has 4 saturated carbocycles. The van der Waals surface area contributed by atoms with Gasteiger partial charge in [0.15, 0.2) is 0 Å². The Morgan fingerprint density at radius 1 is 1.09 bits per heavy atom. The van der Waals surface area contributed by atoms with Crippen LogP contribution in [0.25, 0.3) is 0 Å². The second-order valence-electron chi connectivity index (χ2n) is 9.40. The summed E-state index contributed by atoms with van der Waals surface area (Å²) < 4.78 is 0. The fourth-order valence-corrected chi connectivity index (χ4v) is 7.59. The number of ketones is 1. The first kappa shape index (κ1) is 15.8. The summed E-state index contributed by atoms with van der Waals surface area (Å²) in [5.41, 5.74) is 1.12. The third-order valence-corrected chi connectivity index (χ3v) is 8.37. The first-order valence-electron chi connectivity index (χ1n) is 9.30. The van der Waals surface area contributed by atoms with E-state index in [1.54, 1.807) is 0 Å². The van der Waals surface area contributed by atoms with Crippen LogP contribution in [0.5, 0.6) is 0 Å². The average Bonchev–Trinajstić information content (AvgIpc) is 2.74. The van der Waals surface area contributed by atoms with Crippen LogP contribution < -0.4 is 0 Å². The lowest BCUT2D eigenvalue weighted by molar-refractivity contribution is -0.181. The van der Waals surface area contributed by atoms with Gasteiger partial charge in [0.05, 0.1) is 13.2 Å². The number of Topliss-reactive ketones (excluding diaryl/α,β-unsaturated/α-hetero) is 1. The molecule has 0 heterocycles. The third kappa shape index (κ3) is 1.93. The van der Waals surface area contributed by atoms with Crippen molar-refractivity contribution in [3.8, 4) is 0 Å². The predicted octanol–water partition coefficient (Wildman–Crippen LogP) is 3.10. The topological polar surface area (TPSA) is 57.5 Å². The molecule has 0 aliphatic heterocycles. The van der Waals surface area contributed by atoms with Crippen LogP contribution in [0, 0.1) is 34.0 Å². The Bertz CT molecular complexity index is 549. The lowest BCUT2D eigenvalue weighted by Crippen LogP contribution is -2.60. The smallest absolute Gasteiger partial charge is 0.134 e. The Kier molecular flexibility index (Phi) is 3.39. The fraction of sp³-hybridized carbons (Fsp3) is 0.850. The van der Waals surface area contributed by atoms with Crippen molar-refractivity contribution in [1.29, 1.82) is 0 Å². The van der Waals surface area contributed by atoms with Gasteiger partial charge in [-0.3, -0.25) is 4.79 Å². The van der Waals surface area contributed by atoms with E-state index in [2.05, 4.69) is 13.5 Å². The van der Waals surface area contributed by atoms with Crippen LogP contribution >= 0.6 is 0 Å². The summed E-state index contributed by atoms with van der Waals surface area (Å²) in [5.74, 6) is 1.75. The van der Waals surface area contributed by atoms with Gasteiger partial charge < -0.3 is 10.2 Å². The Morgan fingerprint density at radius 3 is 2.52 bits per heavy atom. The molecule has 0 amide bonds. The normalized spacial score (nSPS) is 48.0. The summed E-state index contributed by atoms with van der Waals surface area (Å²) in [4.78, 5) is 12.6. The first-order valence-corrected chi connectivity index (χ1v) is 9.30. The summed E-state index contributed by atoms with van der Waals surface area (Å²) in [7, 11) is 0. The van der Waals surface area contributed by atoms with E-state index in [9.17, 15) is 15.0 Å². The van der Waals surface area contributed by atoms with Crippen LogP contribution in [0.15, 0.2) is 12.2 Å². The van der Waals surface area contributed by atoms with Gasteiger partial charge in [0, 0.05) is 18.3 Å². The SMILES string of the molecule is C=C1C[C@]23CC[C@H]4C(CO)(CO)CC(=O)C[C@]4(C)[C@H]2CC[C@H]1C3. The Morgan fingerprint density at radius 2 is 1.83 bits per heavy atom. The first-order chi connectivity index (χ1) is 10.9. The molecule has 0 aromatic carbocycles. The molecule has 0 radical (unpaired) electrons. The molecule has 5 atom stereocenters. The number of carbonyl (C=O) groups excluding carboxylic acids is 1. The van der Waals surface area contributed by atoms with Crippen molar-refractivity contribution in [3.63, 3.8) is 0 Å². The molecule has 4 rings (SSSR count). The molecular formula is C20H30O3. The number of aliphatic hydroxyl groups is 2. The Labute approximate surface area is 139 Å². The van der Waals surface area contributed by atoms with Gasteiger partial charge >= 0.3 is 0 Å².